The molecule has 1 aromatic heterocycles. The first kappa shape index (κ1) is 19.1. The number of halogens is 4. The Morgan fingerprint density at radius 2 is 1.84 bits per heavy atom. The largest absolute Gasteiger partial charge is 0.573 e. The zero-order valence-electron chi connectivity index (χ0n) is 13.8. The van der Waals surface area contributed by atoms with Crippen LogP contribution in [0.2, 0.25) is 0 Å². The maximum absolute atomic E-state index is 12.3. The lowest BCUT2D eigenvalue weighted by molar-refractivity contribution is -0.274. The molecule has 0 unspecified atom stereocenters. The summed E-state index contributed by atoms with van der Waals surface area (Å²) >= 11 is 3.28. The van der Waals surface area contributed by atoms with Gasteiger partial charge in [0.25, 0.3) is 0 Å². The quantitative estimate of drug-likeness (QED) is 0.543. The SMILES string of the molecule is CC#CCN(C)c1nc(Br)nc(-c2ccc(OC(F)(F)F)cc2)c1C. The third kappa shape index (κ3) is 5.10. The first-order valence-electron chi connectivity index (χ1n) is 7.22. The summed E-state index contributed by atoms with van der Waals surface area (Å²) in [6, 6.07) is 5.56. The molecule has 0 atom stereocenters. The molecular formula is C17H15BrF3N3O. The van der Waals surface area contributed by atoms with Crippen LogP contribution in [-0.4, -0.2) is 29.9 Å². The molecule has 132 valence electrons. The average Bonchev–Trinajstić information content (AvgIpc) is 2.53. The van der Waals surface area contributed by atoms with Crippen LogP contribution in [-0.2, 0) is 0 Å². The van der Waals surface area contributed by atoms with Gasteiger partial charge in [-0.05, 0) is 54.0 Å². The molecule has 0 spiro atoms. The number of hydrogen-bond acceptors (Lipinski definition) is 4. The first-order chi connectivity index (χ1) is 11.7. The molecule has 0 aliphatic heterocycles. The van der Waals surface area contributed by atoms with E-state index in [1.807, 2.05) is 18.9 Å². The van der Waals surface area contributed by atoms with E-state index in [1.54, 1.807) is 6.92 Å². The van der Waals surface area contributed by atoms with Crippen LogP contribution in [0.5, 0.6) is 5.75 Å². The van der Waals surface area contributed by atoms with Gasteiger partial charge in [0.15, 0.2) is 4.73 Å². The van der Waals surface area contributed by atoms with Crippen molar-refractivity contribution in [2.75, 3.05) is 18.5 Å². The molecule has 0 saturated heterocycles. The Kier molecular flexibility index (Phi) is 5.90. The van der Waals surface area contributed by atoms with E-state index < -0.39 is 6.36 Å². The summed E-state index contributed by atoms with van der Waals surface area (Å²) in [5.74, 6) is 6.19. The van der Waals surface area contributed by atoms with Crippen molar-refractivity contribution < 1.29 is 17.9 Å². The highest BCUT2D eigenvalue weighted by Gasteiger charge is 2.31. The van der Waals surface area contributed by atoms with E-state index in [2.05, 4.69) is 42.5 Å². The van der Waals surface area contributed by atoms with Gasteiger partial charge in [0.1, 0.15) is 11.6 Å². The van der Waals surface area contributed by atoms with Crippen LogP contribution in [0.4, 0.5) is 19.0 Å². The van der Waals surface area contributed by atoms with E-state index in [0.29, 0.717) is 28.4 Å². The summed E-state index contributed by atoms with van der Waals surface area (Å²) in [7, 11) is 1.86. The normalized spacial score (nSPS) is 10.8. The summed E-state index contributed by atoms with van der Waals surface area (Å²) in [5, 5.41) is 0. The molecule has 0 bridgehead atoms. The fourth-order valence-corrected chi connectivity index (χ4v) is 2.56. The molecule has 0 amide bonds. The maximum atomic E-state index is 12.3. The lowest BCUT2D eigenvalue weighted by Gasteiger charge is -2.19. The number of ether oxygens (including phenoxy) is 1. The Labute approximate surface area is 152 Å². The fraction of sp³-hybridized carbons (Fsp3) is 0.294. The molecule has 2 rings (SSSR count). The van der Waals surface area contributed by atoms with E-state index in [4.69, 9.17) is 0 Å². The average molecular weight is 414 g/mol. The van der Waals surface area contributed by atoms with Gasteiger partial charge < -0.3 is 9.64 Å². The summed E-state index contributed by atoms with van der Waals surface area (Å²) in [6.45, 7) is 4.11. The standard InChI is InChI=1S/C17H15BrF3N3O/c1-4-5-10-24(3)15-11(2)14(22-16(18)23-15)12-6-8-13(9-7-12)25-17(19,20)21/h6-9H,10H2,1-3H3. The number of aromatic nitrogens is 2. The predicted molar refractivity (Wildman–Crippen MR) is 93.3 cm³/mol. The first-order valence-corrected chi connectivity index (χ1v) is 8.01. The molecule has 25 heavy (non-hydrogen) atoms. The van der Waals surface area contributed by atoms with Gasteiger partial charge in [-0.3, -0.25) is 0 Å². The van der Waals surface area contributed by atoms with Crippen LogP contribution in [0.1, 0.15) is 12.5 Å². The smallest absolute Gasteiger partial charge is 0.406 e. The molecule has 4 nitrogen and oxygen atoms in total. The molecule has 0 fully saturated rings. The van der Waals surface area contributed by atoms with Gasteiger partial charge >= 0.3 is 6.36 Å². The molecule has 0 N–H and O–H groups in total. The topological polar surface area (TPSA) is 38.2 Å². The molecule has 0 radical (unpaired) electrons. The Balaban J connectivity index is 2.38. The maximum Gasteiger partial charge on any atom is 0.573 e. The number of benzene rings is 1. The van der Waals surface area contributed by atoms with Crippen LogP contribution < -0.4 is 9.64 Å². The van der Waals surface area contributed by atoms with Gasteiger partial charge in [0, 0.05) is 18.2 Å². The van der Waals surface area contributed by atoms with E-state index in [0.717, 1.165) is 5.56 Å². The fourth-order valence-electron chi connectivity index (χ4n) is 2.22. The Hall–Kier alpha value is -2.27. The van der Waals surface area contributed by atoms with Crippen LogP contribution in [0, 0.1) is 18.8 Å². The van der Waals surface area contributed by atoms with Gasteiger partial charge in [-0.2, -0.15) is 0 Å². The van der Waals surface area contributed by atoms with Crippen molar-refractivity contribution in [2.45, 2.75) is 20.2 Å². The van der Waals surface area contributed by atoms with Crippen molar-refractivity contribution >= 4 is 21.7 Å². The van der Waals surface area contributed by atoms with Crippen LogP contribution in [0.3, 0.4) is 0 Å². The van der Waals surface area contributed by atoms with Crippen molar-refractivity contribution in [1.82, 2.24) is 9.97 Å². The molecular weight excluding hydrogens is 399 g/mol. The van der Waals surface area contributed by atoms with E-state index in [1.165, 1.54) is 24.3 Å². The number of alkyl halides is 3. The third-order valence-electron chi connectivity index (χ3n) is 3.31. The Morgan fingerprint density at radius 1 is 1.20 bits per heavy atom. The van der Waals surface area contributed by atoms with Gasteiger partial charge in [0.2, 0.25) is 0 Å². The molecule has 1 aromatic carbocycles. The minimum Gasteiger partial charge on any atom is -0.406 e. The molecule has 0 saturated carbocycles. The molecule has 2 aromatic rings. The van der Waals surface area contributed by atoms with E-state index in [9.17, 15) is 13.2 Å². The minimum atomic E-state index is -4.72. The monoisotopic (exact) mass is 413 g/mol. The van der Waals surface area contributed by atoms with Crippen molar-refractivity contribution in [1.29, 1.82) is 0 Å². The van der Waals surface area contributed by atoms with Crippen molar-refractivity contribution in [3.05, 3.63) is 34.6 Å². The summed E-state index contributed by atoms with van der Waals surface area (Å²) in [4.78, 5) is 10.6. The van der Waals surface area contributed by atoms with Crippen molar-refractivity contribution in [3.8, 4) is 28.8 Å². The van der Waals surface area contributed by atoms with Gasteiger partial charge in [0.05, 0.1) is 12.2 Å². The third-order valence-corrected chi connectivity index (χ3v) is 3.66. The number of rotatable bonds is 4. The minimum absolute atomic E-state index is 0.280. The van der Waals surface area contributed by atoms with E-state index >= 15 is 0 Å². The molecule has 0 aliphatic rings. The number of hydrogen-bond donors (Lipinski definition) is 0. The van der Waals surface area contributed by atoms with Gasteiger partial charge in [-0.1, -0.05) is 5.92 Å². The van der Waals surface area contributed by atoms with Crippen molar-refractivity contribution in [2.24, 2.45) is 0 Å². The molecule has 0 aliphatic carbocycles. The lowest BCUT2D eigenvalue weighted by atomic mass is 10.1. The summed E-state index contributed by atoms with van der Waals surface area (Å²) in [5.41, 5.74) is 2.08. The predicted octanol–water partition coefficient (Wildman–Crippen LogP) is 4.57. The molecule has 1 heterocycles. The van der Waals surface area contributed by atoms with Crippen LogP contribution in [0.25, 0.3) is 11.3 Å². The summed E-state index contributed by atoms with van der Waals surface area (Å²) < 4.78 is 41.1. The van der Waals surface area contributed by atoms with Crippen molar-refractivity contribution in [3.63, 3.8) is 0 Å². The Morgan fingerprint density at radius 3 is 2.40 bits per heavy atom. The van der Waals surface area contributed by atoms with E-state index in [-0.39, 0.29) is 5.75 Å². The Bertz CT molecular complexity index is 811. The highest BCUT2D eigenvalue weighted by molar-refractivity contribution is 9.10. The summed E-state index contributed by atoms with van der Waals surface area (Å²) in [6.07, 6.45) is -4.72. The second kappa shape index (κ2) is 7.74. The molecule has 8 heteroatoms. The number of anilines is 1. The van der Waals surface area contributed by atoms with Crippen LogP contribution >= 0.6 is 15.9 Å². The highest BCUT2D eigenvalue weighted by atomic mass is 79.9. The van der Waals surface area contributed by atoms with Gasteiger partial charge in [-0.15, -0.1) is 19.1 Å². The highest BCUT2D eigenvalue weighted by Crippen LogP contribution is 2.31. The number of nitrogens with zero attached hydrogens (tertiary/aromatic N) is 3. The van der Waals surface area contributed by atoms with Gasteiger partial charge in [-0.25, -0.2) is 9.97 Å². The zero-order valence-corrected chi connectivity index (χ0v) is 15.4. The lowest BCUT2D eigenvalue weighted by Crippen LogP contribution is -2.20. The second-order valence-corrected chi connectivity index (χ2v) is 5.85. The second-order valence-electron chi connectivity index (χ2n) is 5.14. The van der Waals surface area contributed by atoms with Crippen LogP contribution in [0.15, 0.2) is 29.0 Å². The zero-order chi connectivity index (χ0) is 18.6.